The molecule has 0 spiro atoms. The lowest BCUT2D eigenvalue weighted by Gasteiger charge is -2.34. The van der Waals surface area contributed by atoms with Crippen LogP contribution in [0.1, 0.15) is 102 Å². The molecule has 4 aromatic rings. The van der Waals surface area contributed by atoms with Gasteiger partial charge in [-0.25, -0.2) is 0 Å². The molecule has 0 radical (unpaired) electrons. The number of carbonyl (C=O) groups is 8. The quantitative estimate of drug-likeness (QED) is 0.111. The summed E-state index contributed by atoms with van der Waals surface area (Å²) in [6.07, 6.45) is 1.73. The number of nitrogens with zero attached hydrogens (tertiary/aromatic N) is 4. The standard InChI is InChI=1S/C56H73N13O12/c57-16-2-1-7-36-35-65-56(81)44-15-6-14-43(48(44)73)54(79)61-20-27-67-26-19-60-51(76)41-12-5-13-42(47(41)72)55(80)64-23-30-69(36)34-33-68-28-21-62-52(77)39-10-3-8-37(45(39)70)49(74)58-17-24-66(31-32-67)25-18-59-50(75)38-9-4-11-40(46(38)71)53(78)63-22-29-68/h3-6,8-15,36,70-73H,1-2,7,16-35,57H2,(H,58,74)(H,59,75)(H,60,76)(H,61,79)(H,62,77)(H,63,78)(H,64,80)(H,65,81). The van der Waals surface area contributed by atoms with Gasteiger partial charge in [0.1, 0.15) is 23.0 Å². The lowest BCUT2D eigenvalue weighted by atomic mass is 10.1. The molecule has 3 atom stereocenters. The Morgan fingerprint density at radius 1 is 0.346 bits per heavy atom. The molecule has 4 aromatic carbocycles. The van der Waals surface area contributed by atoms with Crippen LogP contribution in [0, 0.1) is 0 Å². The zero-order valence-electron chi connectivity index (χ0n) is 45.2. The summed E-state index contributed by atoms with van der Waals surface area (Å²) in [4.78, 5) is 118. The van der Waals surface area contributed by atoms with Crippen molar-refractivity contribution in [1.82, 2.24) is 62.1 Å². The summed E-state index contributed by atoms with van der Waals surface area (Å²) in [5, 5.41) is 68.3. The van der Waals surface area contributed by atoms with Crippen molar-refractivity contribution in [2.75, 3.05) is 131 Å². The number of hydrogen-bond acceptors (Lipinski definition) is 17. The molecular weight excluding hydrogens is 1050 g/mol. The number of aromatic hydroxyl groups is 4. The van der Waals surface area contributed by atoms with Crippen molar-refractivity contribution in [3.8, 4) is 23.0 Å². The SMILES string of the molecule is NCCCCC1CNC(=O)c2cccc(c2O)C(=O)NCCN2CCNC(=O)c3cccc(c3O)C(=O)NCCN1CCN1CCNC(=O)c3cccc(c3O)C(=O)NCCN(CCNC(=O)c3cccc(c3O)C(=O)NCC1)CC2. The van der Waals surface area contributed by atoms with Gasteiger partial charge < -0.3 is 68.7 Å². The maximum atomic E-state index is 14.1. The first-order valence-electron chi connectivity index (χ1n) is 27.3. The number of phenols is 4. The minimum atomic E-state index is -0.655. The van der Waals surface area contributed by atoms with Crippen molar-refractivity contribution in [1.29, 1.82) is 0 Å². The van der Waals surface area contributed by atoms with E-state index in [1.165, 1.54) is 72.8 Å². The molecule has 4 aliphatic heterocycles. The molecule has 8 rings (SSSR count). The van der Waals surface area contributed by atoms with E-state index < -0.39 is 76.3 Å². The van der Waals surface area contributed by atoms with Gasteiger partial charge in [-0.1, -0.05) is 30.7 Å². The van der Waals surface area contributed by atoms with E-state index >= 15 is 0 Å². The third kappa shape index (κ3) is 16.4. The Labute approximate surface area is 469 Å². The summed E-state index contributed by atoms with van der Waals surface area (Å²) in [5.41, 5.74) is 4.82. The Morgan fingerprint density at radius 3 is 0.864 bits per heavy atom. The average molecular weight is 1120 g/mol. The highest BCUT2D eigenvalue weighted by Gasteiger charge is 2.27. The third-order valence-corrected chi connectivity index (χ3v) is 14.5. The molecule has 0 saturated carbocycles. The second-order valence-corrected chi connectivity index (χ2v) is 19.8. The fraction of sp³-hybridized carbons (Fsp3) is 0.429. The summed E-state index contributed by atoms with van der Waals surface area (Å²) in [5.74, 6) is -7.34. The second kappa shape index (κ2) is 29.7. The summed E-state index contributed by atoms with van der Waals surface area (Å²) in [7, 11) is 0. The molecule has 25 heteroatoms. The van der Waals surface area contributed by atoms with Gasteiger partial charge in [0.05, 0.1) is 44.5 Å². The Hall–Kier alpha value is -8.36. The van der Waals surface area contributed by atoms with Crippen LogP contribution < -0.4 is 48.3 Å². The van der Waals surface area contributed by atoms with Gasteiger partial charge >= 0.3 is 0 Å². The number of carbonyl (C=O) groups excluding carboxylic acids is 8. The van der Waals surface area contributed by atoms with E-state index in [-0.39, 0.29) is 169 Å². The lowest BCUT2D eigenvalue weighted by Crippen LogP contribution is -2.50. The third-order valence-electron chi connectivity index (χ3n) is 14.5. The van der Waals surface area contributed by atoms with Crippen LogP contribution in [0.3, 0.4) is 0 Å². The van der Waals surface area contributed by atoms with E-state index in [2.05, 4.69) is 42.5 Å². The highest BCUT2D eigenvalue weighted by Crippen LogP contribution is 2.26. The Bertz CT molecular complexity index is 2830. The molecule has 25 nitrogen and oxygen atoms in total. The molecule has 8 amide bonds. The molecule has 0 aliphatic carbocycles. The topological polar surface area (TPSA) is 353 Å². The van der Waals surface area contributed by atoms with Crippen molar-refractivity contribution in [3.05, 3.63) is 117 Å². The maximum Gasteiger partial charge on any atom is 0.255 e. The van der Waals surface area contributed by atoms with E-state index in [1.54, 1.807) is 0 Å². The number of amides is 8. The molecule has 14 N–H and O–H groups in total. The Balaban J connectivity index is 1.33. The highest BCUT2D eigenvalue weighted by atomic mass is 16.3. The zero-order valence-corrected chi connectivity index (χ0v) is 45.2. The molecule has 0 fully saturated rings. The van der Waals surface area contributed by atoms with Crippen LogP contribution in [-0.2, 0) is 0 Å². The van der Waals surface area contributed by atoms with E-state index in [9.17, 15) is 58.8 Å². The molecule has 3 unspecified atom stereocenters. The number of fused-ring (bicyclic) bond motifs is 16. The number of nitrogens with one attached hydrogen (secondary N) is 8. The highest BCUT2D eigenvalue weighted by molar-refractivity contribution is 6.06. The smallest absolute Gasteiger partial charge is 0.255 e. The molecule has 434 valence electrons. The largest absolute Gasteiger partial charge is 0.506 e. The van der Waals surface area contributed by atoms with Gasteiger partial charge in [0.25, 0.3) is 47.3 Å². The zero-order chi connectivity index (χ0) is 57.8. The molecule has 12 bridgehead atoms. The first-order valence-corrected chi connectivity index (χ1v) is 27.3. The van der Waals surface area contributed by atoms with Crippen LogP contribution in [0.25, 0.3) is 0 Å². The number of phenolic OH excluding ortho intramolecular Hbond substituents is 4. The monoisotopic (exact) mass is 1120 g/mol. The minimum absolute atomic E-state index is 0.00845. The van der Waals surface area contributed by atoms with Gasteiger partial charge in [-0.15, -0.1) is 0 Å². The van der Waals surface area contributed by atoms with Crippen molar-refractivity contribution in [3.63, 3.8) is 0 Å². The van der Waals surface area contributed by atoms with E-state index in [0.717, 1.165) is 0 Å². The number of para-hydroxylation sites is 4. The van der Waals surface area contributed by atoms with Gasteiger partial charge in [-0.2, -0.15) is 0 Å². The number of hydrogen-bond donors (Lipinski definition) is 13. The summed E-state index contributed by atoms with van der Waals surface area (Å²) < 4.78 is 0. The van der Waals surface area contributed by atoms with Gasteiger partial charge in [0.15, 0.2) is 0 Å². The van der Waals surface area contributed by atoms with Crippen LogP contribution in [0.4, 0.5) is 0 Å². The van der Waals surface area contributed by atoms with Gasteiger partial charge in [-0.05, 0) is 67.9 Å². The molecule has 0 saturated heterocycles. The van der Waals surface area contributed by atoms with E-state index in [0.29, 0.717) is 25.8 Å². The van der Waals surface area contributed by atoms with Crippen LogP contribution in [0.5, 0.6) is 23.0 Å². The minimum Gasteiger partial charge on any atom is -0.506 e. The first-order chi connectivity index (χ1) is 39.1. The number of benzene rings is 4. The normalized spacial score (nSPS) is 22.2. The molecular formula is C56H73N13O12. The molecule has 4 heterocycles. The number of rotatable bonds is 4. The Morgan fingerprint density at radius 2 is 0.593 bits per heavy atom. The van der Waals surface area contributed by atoms with E-state index in [4.69, 9.17) is 5.73 Å². The van der Waals surface area contributed by atoms with Crippen molar-refractivity contribution in [2.24, 2.45) is 5.73 Å². The van der Waals surface area contributed by atoms with Crippen LogP contribution in [-0.4, -0.2) is 224 Å². The number of unbranched alkanes of at least 4 members (excludes halogenated alkanes) is 1. The first kappa shape index (κ1) is 60.3. The van der Waals surface area contributed by atoms with Crippen molar-refractivity contribution >= 4 is 47.3 Å². The summed E-state index contributed by atoms with van der Waals surface area (Å²) in [6.45, 7) is 2.75. The fourth-order valence-electron chi connectivity index (χ4n) is 9.86. The van der Waals surface area contributed by atoms with Gasteiger partial charge in [0.2, 0.25) is 0 Å². The fourth-order valence-corrected chi connectivity index (χ4v) is 9.86. The average Bonchev–Trinajstić information content (AvgIpc) is 3.46. The lowest BCUT2D eigenvalue weighted by molar-refractivity contribution is 0.0890. The summed E-state index contributed by atoms with van der Waals surface area (Å²) >= 11 is 0. The maximum absolute atomic E-state index is 14.1. The second-order valence-electron chi connectivity index (χ2n) is 19.8. The summed E-state index contributed by atoms with van der Waals surface area (Å²) in [6, 6.07) is 16.7. The Kier molecular flexibility index (Phi) is 22.1. The number of nitrogens with two attached hydrogens (primary N) is 1. The predicted octanol–water partition coefficient (Wildman–Crippen LogP) is -0.806. The molecule has 4 aliphatic rings. The molecule has 0 aromatic heterocycles. The van der Waals surface area contributed by atoms with E-state index in [1.807, 2.05) is 19.6 Å². The van der Waals surface area contributed by atoms with Crippen LogP contribution in [0.2, 0.25) is 0 Å². The van der Waals surface area contributed by atoms with Gasteiger partial charge in [0, 0.05) is 130 Å². The molecule has 81 heavy (non-hydrogen) atoms. The predicted molar refractivity (Wildman–Crippen MR) is 299 cm³/mol. The van der Waals surface area contributed by atoms with Crippen molar-refractivity contribution < 1.29 is 58.8 Å². The van der Waals surface area contributed by atoms with Gasteiger partial charge in [-0.3, -0.25) is 58.0 Å². The van der Waals surface area contributed by atoms with Crippen molar-refractivity contribution in [2.45, 2.75) is 25.3 Å². The van der Waals surface area contributed by atoms with Crippen LogP contribution in [0.15, 0.2) is 72.8 Å². The van der Waals surface area contributed by atoms with Crippen LogP contribution >= 0.6 is 0 Å².